The number of nitrogens with zero attached hydrogens (tertiary/aromatic N) is 1. The Morgan fingerprint density at radius 2 is 1.80 bits per heavy atom. The van der Waals surface area contributed by atoms with Gasteiger partial charge in [-0.1, -0.05) is 17.7 Å². The molecule has 0 unspecified atom stereocenters. The van der Waals surface area contributed by atoms with E-state index in [1.807, 2.05) is 32.9 Å². The van der Waals surface area contributed by atoms with Crippen molar-refractivity contribution in [2.24, 2.45) is 0 Å². The molecule has 0 saturated carbocycles. The van der Waals surface area contributed by atoms with Gasteiger partial charge in [-0.05, 0) is 51.0 Å². The van der Waals surface area contributed by atoms with Crippen molar-refractivity contribution in [2.45, 2.75) is 27.7 Å². The zero-order chi connectivity index (χ0) is 18.4. The van der Waals surface area contributed by atoms with Crippen LogP contribution in [0.4, 0.5) is 11.5 Å². The summed E-state index contributed by atoms with van der Waals surface area (Å²) in [7, 11) is 0. The molecular weight excluding hydrogens is 318 g/mol. The smallest absolute Gasteiger partial charge is 0.339 e. The first kappa shape index (κ1) is 18.4. The van der Waals surface area contributed by atoms with Gasteiger partial charge in [0, 0.05) is 11.9 Å². The SMILES string of the molecule is CCOC(=O)c1ccc(NCC(=O)Nc2c(C)cc(C)cc2C)nc1. The van der Waals surface area contributed by atoms with Gasteiger partial charge in [-0.25, -0.2) is 9.78 Å². The van der Waals surface area contributed by atoms with Crippen LogP contribution in [0.1, 0.15) is 34.0 Å². The largest absolute Gasteiger partial charge is 0.462 e. The first-order chi connectivity index (χ1) is 11.9. The topological polar surface area (TPSA) is 80.3 Å². The molecule has 6 nitrogen and oxygen atoms in total. The van der Waals surface area contributed by atoms with Crippen molar-refractivity contribution in [2.75, 3.05) is 23.8 Å². The Hall–Kier alpha value is -2.89. The van der Waals surface area contributed by atoms with Crippen LogP contribution in [-0.2, 0) is 9.53 Å². The average Bonchev–Trinajstić information content (AvgIpc) is 2.57. The number of pyridine rings is 1. The summed E-state index contributed by atoms with van der Waals surface area (Å²) in [5.74, 6) is -0.0588. The van der Waals surface area contributed by atoms with Gasteiger partial charge in [0.15, 0.2) is 0 Å². The first-order valence-corrected chi connectivity index (χ1v) is 8.15. The van der Waals surface area contributed by atoms with Crippen LogP contribution < -0.4 is 10.6 Å². The monoisotopic (exact) mass is 341 g/mol. The summed E-state index contributed by atoms with van der Waals surface area (Å²) in [4.78, 5) is 27.8. The zero-order valence-electron chi connectivity index (χ0n) is 15.0. The third-order valence-corrected chi connectivity index (χ3v) is 3.65. The fraction of sp³-hybridized carbons (Fsp3) is 0.316. The fourth-order valence-corrected chi connectivity index (χ4v) is 2.57. The molecule has 1 amide bonds. The number of benzene rings is 1. The summed E-state index contributed by atoms with van der Waals surface area (Å²) in [6.45, 7) is 8.11. The number of esters is 1. The molecule has 0 bridgehead atoms. The van der Waals surface area contributed by atoms with E-state index in [2.05, 4.69) is 15.6 Å². The number of ether oxygens (including phenoxy) is 1. The summed E-state index contributed by atoms with van der Waals surface area (Å²) in [6, 6.07) is 7.32. The second-order valence-electron chi connectivity index (χ2n) is 5.83. The van der Waals surface area contributed by atoms with Gasteiger partial charge >= 0.3 is 5.97 Å². The number of rotatable bonds is 6. The molecule has 0 fully saturated rings. The summed E-state index contributed by atoms with van der Waals surface area (Å²) in [5, 5.41) is 5.86. The maximum atomic E-state index is 12.2. The molecule has 0 aliphatic heterocycles. The normalized spacial score (nSPS) is 10.2. The highest BCUT2D eigenvalue weighted by molar-refractivity contribution is 5.95. The lowest BCUT2D eigenvalue weighted by molar-refractivity contribution is -0.114. The molecule has 0 spiro atoms. The highest BCUT2D eigenvalue weighted by Crippen LogP contribution is 2.21. The second kappa shape index (κ2) is 8.28. The van der Waals surface area contributed by atoms with Gasteiger partial charge in [-0.3, -0.25) is 4.79 Å². The van der Waals surface area contributed by atoms with E-state index < -0.39 is 5.97 Å². The van der Waals surface area contributed by atoms with Crippen molar-refractivity contribution in [3.05, 3.63) is 52.7 Å². The zero-order valence-corrected chi connectivity index (χ0v) is 15.0. The van der Waals surface area contributed by atoms with Crippen molar-refractivity contribution >= 4 is 23.4 Å². The summed E-state index contributed by atoms with van der Waals surface area (Å²) >= 11 is 0. The highest BCUT2D eigenvalue weighted by Gasteiger charge is 2.10. The maximum Gasteiger partial charge on any atom is 0.339 e. The summed E-state index contributed by atoms with van der Waals surface area (Å²) in [6.07, 6.45) is 1.42. The predicted octanol–water partition coefficient (Wildman–Crippen LogP) is 3.23. The lowest BCUT2D eigenvalue weighted by Crippen LogP contribution is -2.23. The molecule has 0 saturated heterocycles. The quantitative estimate of drug-likeness (QED) is 0.789. The molecule has 1 aromatic heterocycles. The molecule has 0 atom stereocenters. The molecule has 132 valence electrons. The van der Waals surface area contributed by atoms with Crippen LogP contribution in [0.3, 0.4) is 0 Å². The van der Waals surface area contributed by atoms with E-state index in [4.69, 9.17) is 4.74 Å². The number of aromatic nitrogens is 1. The van der Waals surface area contributed by atoms with Crippen LogP contribution in [0.5, 0.6) is 0 Å². The van der Waals surface area contributed by atoms with Gasteiger partial charge in [-0.15, -0.1) is 0 Å². The van der Waals surface area contributed by atoms with E-state index in [0.29, 0.717) is 18.0 Å². The molecule has 0 aliphatic carbocycles. The lowest BCUT2D eigenvalue weighted by atomic mass is 10.1. The van der Waals surface area contributed by atoms with Gasteiger partial charge in [0.25, 0.3) is 0 Å². The summed E-state index contributed by atoms with van der Waals surface area (Å²) in [5.41, 5.74) is 4.44. The van der Waals surface area contributed by atoms with Crippen LogP contribution >= 0.6 is 0 Å². The highest BCUT2D eigenvalue weighted by atomic mass is 16.5. The van der Waals surface area contributed by atoms with Gasteiger partial charge < -0.3 is 15.4 Å². The molecule has 0 radical (unpaired) electrons. The molecule has 6 heteroatoms. The Morgan fingerprint density at radius 3 is 2.36 bits per heavy atom. The van der Waals surface area contributed by atoms with E-state index in [1.165, 1.54) is 6.20 Å². The molecule has 2 N–H and O–H groups in total. The van der Waals surface area contributed by atoms with Crippen LogP contribution in [-0.4, -0.2) is 30.0 Å². The molecule has 2 rings (SSSR count). The van der Waals surface area contributed by atoms with Gasteiger partial charge in [0.1, 0.15) is 5.82 Å². The van der Waals surface area contributed by atoms with Crippen LogP contribution in [0, 0.1) is 20.8 Å². The second-order valence-corrected chi connectivity index (χ2v) is 5.83. The Balaban J connectivity index is 1.93. The molecule has 25 heavy (non-hydrogen) atoms. The third-order valence-electron chi connectivity index (χ3n) is 3.65. The molecule has 1 aromatic carbocycles. The fourth-order valence-electron chi connectivity index (χ4n) is 2.57. The number of carbonyl (C=O) groups is 2. The van der Waals surface area contributed by atoms with Gasteiger partial charge in [0.2, 0.25) is 5.91 Å². The number of hydrogen-bond acceptors (Lipinski definition) is 5. The summed E-state index contributed by atoms with van der Waals surface area (Å²) < 4.78 is 4.90. The van der Waals surface area contributed by atoms with E-state index >= 15 is 0 Å². The van der Waals surface area contributed by atoms with Gasteiger partial charge in [0.05, 0.1) is 18.7 Å². The maximum absolute atomic E-state index is 12.2. The van der Waals surface area contributed by atoms with Crippen molar-refractivity contribution in [3.63, 3.8) is 0 Å². The number of nitrogens with one attached hydrogen (secondary N) is 2. The first-order valence-electron chi connectivity index (χ1n) is 8.15. The minimum Gasteiger partial charge on any atom is -0.462 e. The third kappa shape index (κ3) is 5.04. The average molecular weight is 341 g/mol. The van der Waals surface area contributed by atoms with E-state index in [9.17, 15) is 9.59 Å². The Bertz CT molecular complexity index is 747. The number of carbonyl (C=O) groups excluding carboxylic acids is 2. The van der Waals surface area contributed by atoms with Crippen LogP contribution in [0.2, 0.25) is 0 Å². The minimum atomic E-state index is -0.412. The van der Waals surface area contributed by atoms with Crippen LogP contribution in [0.25, 0.3) is 0 Å². The molecule has 0 aliphatic rings. The van der Waals surface area contributed by atoms with E-state index in [0.717, 1.165) is 22.4 Å². The number of aryl methyl sites for hydroxylation is 3. The standard InChI is InChI=1S/C19H23N3O3/c1-5-25-19(24)15-6-7-16(20-10-15)21-11-17(23)22-18-13(3)8-12(2)9-14(18)4/h6-10H,5,11H2,1-4H3,(H,20,21)(H,22,23). The lowest BCUT2D eigenvalue weighted by Gasteiger charge is -2.13. The molecule has 2 aromatic rings. The number of hydrogen-bond donors (Lipinski definition) is 2. The molecular formula is C19H23N3O3. The minimum absolute atomic E-state index is 0.0819. The number of anilines is 2. The van der Waals surface area contributed by atoms with Gasteiger partial charge in [-0.2, -0.15) is 0 Å². The van der Waals surface area contributed by atoms with Crippen LogP contribution in [0.15, 0.2) is 30.5 Å². The Kier molecular flexibility index (Phi) is 6.11. The molecule has 1 heterocycles. The Morgan fingerprint density at radius 1 is 1.12 bits per heavy atom. The Labute approximate surface area is 147 Å². The van der Waals surface area contributed by atoms with E-state index in [1.54, 1.807) is 19.1 Å². The van der Waals surface area contributed by atoms with E-state index in [-0.39, 0.29) is 12.5 Å². The number of amides is 1. The van der Waals surface area contributed by atoms with Crippen molar-refractivity contribution < 1.29 is 14.3 Å². The predicted molar refractivity (Wildman–Crippen MR) is 98.0 cm³/mol. The van der Waals surface area contributed by atoms with Crippen molar-refractivity contribution in [1.82, 2.24) is 4.98 Å². The van der Waals surface area contributed by atoms with Crippen molar-refractivity contribution in [1.29, 1.82) is 0 Å². The van der Waals surface area contributed by atoms with Crippen molar-refractivity contribution in [3.8, 4) is 0 Å².